The maximum Gasteiger partial charge on any atom is 0.254 e. The van der Waals surface area contributed by atoms with Crippen molar-refractivity contribution in [2.45, 2.75) is 24.1 Å². The Kier molecular flexibility index (Phi) is 3.17. The molecule has 1 amide bonds. The Hall–Kier alpha value is -1.40. The van der Waals surface area contributed by atoms with E-state index in [0.29, 0.717) is 18.4 Å². The van der Waals surface area contributed by atoms with Gasteiger partial charge in [0.1, 0.15) is 6.04 Å². The first-order valence-corrected chi connectivity index (χ1v) is 6.91. The molecule has 1 aliphatic rings. The molecule has 0 heterocycles. The summed E-state index contributed by atoms with van der Waals surface area (Å²) in [5, 5.41) is -0.422. The highest BCUT2D eigenvalue weighted by atomic mass is 32.2. The Morgan fingerprint density at radius 3 is 2.41 bits per heavy atom. The molecule has 3 N–H and O–H groups in total. The minimum Gasteiger partial charge on any atom is -0.316 e. The number of carbonyl (C=O) groups excluding carboxylic acids is 1. The van der Waals surface area contributed by atoms with Gasteiger partial charge in [0, 0.05) is 0 Å². The van der Waals surface area contributed by atoms with Crippen molar-refractivity contribution in [2.24, 2.45) is 5.73 Å². The predicted octanol–water partition coefficient (Wildman–Crippen LogP) is 0.295. The first-order valence-electron chi connectivity index (χ1n) is 5.37. The van der Waals surface area contributed by atoms with Crippen LogP contribution >= 0.6 is 0 Å². The zero-order valence-electron chi connectivity index (χ0n) is 9.17. The number of amides is 1. The van der Waals surface area contributed by atoms with E-state index in [1.54, 1.807) is 30.3 Å². The van der Waals surface area contributed by atoms with Crippen molar-refractivity contribution in [2.75, 3.05) is 0 Å². The number of hydrogen-bond donors (Lipinski definition) is 2. The van der Waals surface area contributed by atoms with Crippen molar-refractivity contribution < 1.29 is 13.2 Å². The van der Waals surface area contributed by atoms with Gasteiger partial charge >= 0.3 is 0 Å². The molecule has 6 heteroatoms. The Morgan fingerprint density at radius 1 is 1.29 bits per heavy atom. The molecule has 0 unspecified atom stereocenters. The van der Waals surface area contributed by atoms with E-state index < -0.39 is 27.2 Å². The van der Waals surface area contributed by atoms with Crippen molar-refractivity contribution in [3.63, 3.8) is 0 Å². The van der Waals surface area contributed by atoms with Crippen LogP contribution in [-0.4, -0.2) is 19.6 Å². The van der Waals surface area contributed by atoms with E-state index >= 15 is 0 Å². The maximum atomic E-state index is 11.7. The molecule has 0 aliphatic heterocycles. The molecule has 17 heavy (non-hydrogen) atoms. The Morgan fingerprint density at radius 2 is 1.88 bits per heavy atom. The number of rotatable bonds is 4. The normalized spacial score (nSPS) is 17.5. The second kappa shape index (κ2) is 4.46. The van der Waals surface area contributed by atoms with E-state index in [1.807, 2.05) is 4.72 Å². The van der Waals surface area contributed by atoms with Crippen LogP contribution in [-0.2, 0) is 14.8 Å². The van der Waals surface area contributed by atoms with Gasteiger partial charge in [-0.1, -0.05) is 30.3 Å². The summed E-state index contributed by atoms with van der Waals surface area (Å²) in [5.74, 6) is -0.678. The van der Waals surface area contributed by atoms with Gasteiger partial charge in [-0.15, -0.1) is 0 Å². The van der Waals surface area contributed by atoms with E-state index in [0.717, 1.165) is 0 Å². The van der Waals surface area contributed by atoms with Gasteiger partial charge in [-0.2, -0.15) is 0 Å². The molecule has 0 spiro atoms. The second-order valence-electron chi connectivity index (χ2n) is 4.10. The number of benzene rings is 1. The summed E-state index contributed by atoms with van der Waals surface area (Å²) in [6.07, 6.45) is 1.23. The number of carbonyl (C=O) groups is 1. The first-order chi connectivity index (χ1) is 8.00. The summed E-state index contributed by atoms with van der Waals surface area (Å²) < 4.78 is 25.1. The summed E-state index contributed by atoms with van der Waals surface area (Å²) >= 11 is 0. The highest BCUT2D eigenvalue weighted by molar-refractivity contribution is 7.90. The SMILES string of the molecule is N[C@H](C(=O)NS(=O)(=O)C1CC1)c1ccccc1. The van der Waals surface area contributed by atoms with Crippen molar-refractivity contribution in [3.8, 4) is 0 Å². The van der Waals surface area contributed by atoms with E-state index in [2.05, 4.69) is 0 Å². The molecule has 0 radical (unpaired) electrons. The smallest absolute Gasteiger partial charge is 0.254 e. The fourth-order valence-corrected chi connectivity index (χ4v) is 2.81. The van der Waals surface area contributed by atoms with Gasteiger partial charge in [0.25, 0.3) is 5.91 Å². The van der Waals surface area contributed by atoms with Crippen molar-refractivity contribution in [3.05, 3.63) is 35.9 Å². The van der Waals surface area contributed by atoms with E-state index in [9.17, 15) is 13.2 Å². The standard InChI is InChI=1S/C11H14N2O3S/c12-10(8-4-2-1-3-5-8)11(14)13-17(15,16)9-6-7-9/h1-5,9-10H,6-7,12H2,(H,13,14)/t10-/m0/s1. The van der Waals surface area contributed by atoms with Crippen molar-refractivity contribution in [1.29, 1.82) is 0 Å². The number of hydrogen-bond acceptors (Lipinski definition) is 4. The first kappa shape index (κ1) is 12.1. The quantitative estimate of drug-likeness (QED) is 0.808. The number of nitrogens with one attached hydrogen (secondary N) is 1. The molecule has 1 aromatic carbocycles. The molecule has 92 valence electrons. The van der Waals surface area contributed by atoms with Crippen molar-refractivity contribution >= 4 is 15.9 Å². The Bertz CT molecular complexity index is 509. The van der Waals surface area contributed by atoms with Gasteiger partial charge in [0.2, 0.25) is 10.0 Å². The van der Waals surface area contributed by atoms with Crippen molar-refractivity contribution in [1.82, 2.24) is 4.72 Å². The van der Waals surface area contributed by atoms with Crippen LogP contribution in [0.15, 0.2) is 30.3 Å². The highest BCUT2D eigenvalue weighted by Crippen LogP contribution is 2.27. The molecule has 1 fully saturated rings. The lowest BCUT2D eigenvalue weighted by molar-refractivity contribution is -0.120. The monoisotopic (exact) mass is 254 g/mol. The zero-order chi connectivity index (χ0) is 12.5. The highest BCUT2D eigenvalue weighted by Gasteiger charge is 2.37. The molecule has 1 aromatic rings. The van der Waals surface area contributed by atoms with Gasteiger partial charge < -0.3 is 5.73 Å². The van der Waals surface area contributed by atoms with Crippen LogP contribution in [0.4, 0.5) is 0 Å². The average molecular weight is 254 g/mol. The Labute approximate surface area is 100 Å². The third kappa shape index (κ3) is 2.83. The lowest BCUT2D eigenvalue weighted by atomic mass is 10.1. The molecule has 1 saturated carbocycles. The van der Waals surface area contributed by atoms with Gasteiger partial charge in [0.05, 0.1) is 5.25 Å². The van der Waals surface area contributed by atoms with E-state index in [4.69, 9.17) is 5.73 Å². The van der Waals surface area contributed by atoms with E-state index in [-0.39, 0.29) is 0 Å². The molecular weight excluding hydrogens is 240 g/mol. The lowest BCUT2D eigenvalue weighted by Crippen LogP contribution is -2.39. The van der Waals surface area contributed by atoms with Gasteiger partial charge in [-0.3, -0.25) is 9.52 Å². The molecule has 0 bridgehead atoms. The predicted molar refractivity (Wildman–Crippen MR) is 63.5 cm³/mol. The molecule has 5 nitrogen and oxygen atoms in total. The topological polar surface area (TPSA) is 89.3 Å². The minimum atomic E-state index is -3.52. The van der Waals surface area contributed by atoms with Crippen LogP contribution < -0.4 is 10.5 Å². The van der Waals surface area contributed by atoms with Crippen LogP contribution in [0.3, 0.4) is 0 Å². The minimum absolute atomic E-state index is 0.422. The molecule has 0 aromatic heterocycles. The lowest BCUT2D eigenvalue weighted by Gasteiger charge is -2.12. The molecule has 1 aliphatic carbocycles. The van der Waals surface area contributed by atoms with Gasteiger partial charge in [-0.05, 0) is 18.4 Å². The third-order valence-corrected chi connectivity index (χ3v) is 4.48. The Balaban J connectivity index is 2.06. The second-order valence-corrected chi connectivity index (χ2v) is 6.06. The number of sulfonamides is 1. The average Bonchev–Trinajstić information content (AvgIpc) is 3.12. The van der Waals surface area contributed by atoms with Crippen LogP contribution in [0.25, 0.3) is 0 Å². The summed E-state index contributed by atoms with van der Waals surface area (Å²) in [6.45, 7) is 0. The summed E-state index contributed by atoms with van der Waals surface area (Å²) in [4.78, 5) is 11.7. The molecule has 1 atom stereocenters. The molecular formula is C11H14N2O3S. The molecule has 2 rings (SSSR count). The van der Waals surface area contributed by atoms with Crippen LogP contribution in [0.5, 0.6) is 0 Å². The maximum absolute atomic E-state index is 11.7. The fraction of sp³-hybridized carbons (Fsp3) is 0.364. The van der Waals surface area contributed by atoms with Crippen LogP contribution in [0.2, 0.25) is 0 Å². The fourth-order valence-electron chi connectivity index (χ4n) is 1.48. The van der Waals surface area contributed by atoms with Gasteiger partial charge in [0.15, 0.2) is 0 Å². The van der Waals surface area contributed by atoms with Crippen LogP contribution in [0, 0.1) is 0 Å². The summed E-state index contributed by atoms with van der Waals surface area (Å²) in [7, 11) is -3.52. The number of nitrogens with two attached hydrogens (primary N) is 1. The summed E-state index contributed by atoms with van der Waals surface area (Å²) in [6, 6.07) is 7.72. The van der Waals surface area contributed by atoms with Crippen LogP contribution in [0.1, 0.15) is 24.4 Å². The molecule has 0 saturated heterocycles. The summed E-state index contributed by atoms with van der Waals surface area (Å²) in [5.41, 5.74) is 6.28. The largest absolute Gasteiger partial charge is 0.316 e. The third-order valence-electron chi connectivity index (χ3n) is 2.65. The van der Waals surface area contributed by atoms with Gasteiger partial charge in [-0.25, -0.2) is 8.42 Å². The van der Waals surface area contributed by atoms with E-state index in [1.165, 1.54) is 0 Å². The zero-order valence-corrected chi connectivity index (χ0v) is 9.98.